The number of carbonyl (C=O) groups is 1. The van der Waals surface area contributed by atoms with E-state index in [1.807, 2.05) is 0 Å². The second-order valence-electron chi connectivity index (χ2n) is 6.55. The Kier molecular flexibility index (Phi) is 6.81. The molecule has 1 N–H and O–H groups in total. The molecule has 31 heavy (non-hydrogen) atoms. The highest BCUT2D eigenvalue weighted by Gasteiger charge is 2.24. The third kappa shape index (κ3) is 5.15. The molecule has 2 aromatic carbocycles. The number of anilines is 1. The average molecular weight is 465 g/mol. The van der Waals surface area contributed by atoms with Crippen molar-refractivity contribution in [1.82, 2.24) is 15.5 Å². The molecule has 0 radical (unpaired) electrons. The van der Waals surface area contributed by atoms with Crippen molar-refractivity contribution in [3.05, 3.63) is 64.8 Å². The van der Waals surface area contributed by atoms with Crippen LogP contribution in [0, 0.1) is 6.92 Å². The Labute approximate surface area is 185 Å². The monoisotopic (exact) mass is 464 g/mol. The van der Waals surface area contributed by atoms with E-state index in [0.29, 0.717) is 29.6 Å². The molecule has 3 aromatic rings. The van der Waals surface area contributed by atoms with Crippen LogP contribution in [-0.4, -0.2) is 45.2 Å². The molecule has 0 saturated carbocycles. The molecule has 1 amide bonds. The molecule has 0 aliphatic rings. The van der Waals surface area contributed by atoms with Crippen LogP contribution in [0.25, 0.3) is 0 Å². The molecule has 0 atom stereocenters. The van der Waals surface area contributed by atoms with E-state index in [1.165, 1.54) is 32.4 Å². The van der Waals surface area contributed by atoms with Crippen LogP contribution >= 0.6 is 11.6 Å². The smallest absolute Gasteiger partial charge is 0.264 e. The van der Waals surface area contributed by atoms with Crippen LogP contribution < -0.4 is 14.4 Å². The van der Waals surface area contributed by atoms with Crippen molar-refractivity contribution >= 4 is 33.2 Å². The topological polar surface area (TPSA) is 115 Å². The number of methoxy groups -OCH3 is 1. The minimum Gasteiger partial charge on any atom is -0.497 e. The normalized spacial score (nSPS) is 11.2. The van der Waals surface area contributed by atoms with Crippen molar-refractivity contribution in [1.29, 1.82) is 0 Å². The molecule has 9 nitrogen and oxygen atoms in total. The van der Waals surface area contributed by atoms with E-state index in [1.54, 1.807) is 31.2 Å². The number of aromatic nitrogens is 2. The first-order valence-corrected chi connectivity index (χ1v) is 11.0. The SMILES string of the molecule is COc1ccc(N(C)S(=O)(=O)c2ccc(Cl)c(C(=O)NCCc3nc(C)no3)c2)cc1. The van der Waals surface area contributed by atoms with Crippen LogP contribution in [0.1, 0.15) is 22.1 Å². The Morgan fingerprint density at radius 1 is 1.23 bits per heavy atom. The maximum atomic E-state index is 13.1. The third-order valence-corrected chi connectivity index (χ3v) is 6.58. The lowest BCUT2D eigenvalue weighted by atomic mass is 10.2. The first-order chi connectivity index (χ1) is 14.7. The fraction of sp³-hybridized carbons (Fsp3) is 0.250. The Balaban J connectivity index is 1.77. The molecular weight excluding hydrogens is 444 g/mol. The molecule has 0 aliphatic carbocycles. The molecular formula is C20H21ClN4O5S. The molecule has 0 fully saturated rings. The standard InChI is InChI=1S/C20H21ClN4O5S/c1-13-23-19(30-24-13)10-11-22-20(26)17-12-16(8-9-18(17)21)31(27,28)25(2)14-4-6-15(29-3)7-5-14/h4-9,12H,10-11H2,1-3H3,(H,22,26). The van der Waals surface area contributed by atoms with E-state index in [4.69, 9.17) is 20.9 Å². The summed E-state index contributed by atoms with van der Waals surface area (Å²) < 4.78 is 37.3. The largest absolute Gasteiger partial charge is 0.497 e. The van der Waals surface area contributed by atoms with Crippen molar-refractivity contribution in [3.63, 3.8) is 0 Å². The van der Waals surface area contributed by atoms with Gasteiger partial charge in [-0.1, -0.05) is 16.8 Å². The zero-order valence-corrected chi connectivity index (χ0v) is 18.7. The summed E-state index contributed by atoms with van der Waals surface area (Å²) in [4.78, 5) is 16.6. The van der Waals surface area contributed by atoms with Gasteiger partial charge in [0.15, 0.2) is 5.82 Å². The lowest BCUT2D eigenvalue weighted by Crippen LogP contribution is -2.28. The average Bonchev–Trinajstić information content (AvgIpc) is 3.18. The van der Waals surface area contributed by atoms with E-state index in [0.717, 1.165) is 4.31 Å². The summed E-state index contributed by atoms with van der Waals surface area (Å²) in [5, 5.41) is 6.49. The van der Waals surface area contributed by atoms with Crippen molar-refractivity contribution < 1.29 is 22.5 Å². The predicted octanol–water partition coefficient (Wildman–Crippen LogP) is 2.84. The Morgan fingerprint density at radius 3 is 2.55 bits per heavy atom. The summed E-state index contributed by atoms with van der Waals surface area (Å²) >= 11 is 6.15. The van der Waals surface area contributed by atoms with Gasteiger partial charge in [0.1, 0.15) is 5.75 Å². The van der Waals surface area contributed by atoms with E-state index in [2.05, 4.69) is 15.5 Å². The number of carbonyl (C=O) groups excluding carboxylic acids is 1. The van der Waals surface area contributed by atoms with E-state index in [-0.39, 0.29) is 22.0 Å². The van der Waals surface area contributed by atoms with Gasteiger partial charge >= 0.3 is 0 Å². The number of amides is 1. The van der Waals surface area contributed by atoms with Gasteiger partial charge < -0.3 is 14.6 Å². The highest BCUT2D eigenvalue weighted by molar-refractivity contribution is 7.92. The van der Waals surface area contributed by atoms with Gasteiger partial charge in [-0.15, -0.1) is 0 Å². The summed E-state index contributed by atoms with van der Waals surface area (Å²) in [6, 6.07) is 10.6. The number of nitrogens with zero attached hydrogens (tertiary/aromatic N) is 3. The number of aryl methyl sites for hydroxylation is 1. The van der Waals surface area contributed by atoms with E-state index < -0.39 is 15.9 Å². The van der Waals surface area contributed by atoms with Gasteiger partial charge in [0.25, 0.3) is 15.9 Å². The lowest BCUT2D eigenvalue weighted by Gasteiger charge is -2.20. The van der Waals surface area contributed by atoms with E-state index in [9.17, 15) is 13.2 Å². The second-order valence-corrected chi connectivity index (χ2v) is 8.93. The first-order valence-electron chi connectivity index (χ1n) is 9.22. The third-order valence-electron chi connectivity index (χ3n) is 4.47. The minimum atomic E-state index is -3.92. The molecule has 0 saturated heterocycles. The van der Waals surface area contributed by atoms with Crippen LogP contribution in [0.3, 0.4) is 0 Å². The molecule has 0 unspecified atom stereocenters. The number of hydrogen-bond donors (Lipinski definition) is 1. The minimum absolute atomic E-state index is 0.0487. The maximum absolute atomic E-state index is 13.1. The molecule has 1 aromatic heterocycles. The fourth-order valence-corrected chi connectivity index (χ4v) is 4.17. The van der Waals surface area contributed by atoms with Crippen molar-refractivity contribution in [2.24, 2.45) is 0 Å². The number of benzene rings is 2. The number of halogens is 1. The number of ether oxygens (including phenoxy) is 1. The molecule has 0 bridgehead atoms. The summed E-state index contributed by atoms with van der Waals surface area (Å²) in [6.45, 7) is 1.92. The molecule has 11 heteroatoms. The number of nitrogens with one attached hydrogen (secondary N) is 1. The van der Waals surface area contributed by atoms with Crippen LogP contribution in [0.4, 0.5) is 5.69 Å². The van der Waals surface area contributed by atoms with Gasteiger partial charge in [0.05, 0.1) is 28.3 Å². The zero-order chi connectivity index (χ0) is 22.6. The number of rotatable bonds is 8. The van der Waals surface area contributed by atoms with Crippen LogP contribution in [0.2, 0.25) is 5.02 Å². The highest BCUT2D eigenvalue weighted by Crippen LogP contribution is 2.27. The number of sulfonamides is 1. The molecule has 0 aliphatic heterocycles. The van der Waals surface area contributed by atoms with Crippen molar-refractivity contribution in [3.8, 4) is 5.75 Å². The van der Waals surface area contributed by atoms with Crippen molar-refractivity contribution in [2.75, 3.05) is 25.0 Å². The van der Waals surface area contributed by atoms with Gasteiger partial charge in [-0.05, 0) is 49.4 Å². The fourth-order valence-electron chi connectivity index (χ4n) is 2.75. The van der Waals surface area contributed by atoms with Crippen molar-refractivity contribution in [2.45, 2.75) is 18.2 Å². The molecule has 0 spiro atoms. The van der Waals surface area contributed by atoms with E-state index >= 15 is 0 Å². The van der Waals surface area contributed by atoms with Gasteiger partial charge in [0.2, 0.25) is 5.89 Å². The number of hydrogen-bond acceptors (Lipinski definition) is 7. The summed E-state index contributed by atoms with van der Waals surface area (Å²) in [5.74, 6) is 0.991. The quantitative estimate of drug-likeness (QED) is 0.545. The Hall–Kier alpha value is -3.11. The van der Waals surface area contributed by atoms with Gasteiger partial charge in [-0.2, -0.15) is 4.98 Å². The van der Waals surface area contributed by atoms with Gasteiger partial charge in [-0.25, -0.2) is 8.42 Å². The summed E-state index contributed by atoms with van der Waals surface area (Å²) in [7, 11) is -0.969. The molecule has 164 valence electrons. The lowest BCUT2D eigenvalue weighted by molar-refractivity contribution is 0.0953. The molecule has 1 heterocycles. The summed E-state index contributed by atoms with van der Waals surface area (Å²) in [5.41, 5.74) is 0.490. The maximum Gasteiger partial charge on any atom is 0.264 e. The molecule has 3 rings (SSSR count). The Morgan fingerprint density at radius 2 is 1.94 bits per heavy atom. The van der Waals surface area contributed by atoms with Gasteiger partial charge in [0, 0.05) is 20.0 Å². The van der Waals surface area contributed by atoms with Crippen LogP contribution in [-0.2, 0) is 16.4 Å². The predicted molar refractivity (Wildman–Crippen MR) is 115 cm³/mol. The second kappa shape index (κ2) is 9.36. The van der Waals surface area contributed by atoms with Gasteiger partial charge in [-0.3, -0.25) is 9.10 Å². The van der Waals surface area contributed by atoms with Crippen LogP contribution in [0.5, 0.6) is 5.75 Å². The van der Waals surface area contributed by atoms with Crippen LogP contribution in [0.15, 0.2) is 51.9 Å². The summed E-state index contributed by atoms with van der Waals surface area (Å²) in [6.07, 6.45) is 0.336. The Bertz CT molecular complexity index is 1180. The highest BCUT2D eigenvalue weighted by atomic mass is 35.5. The zero-order valence-electron chi connectivity index (χ0n) is 17.1. The first kappa shape index (κ1) is 22.6.